The van der Waals surface area contributed by atoms with Crippen LogP contribution in [-0.2, 0) is 19.3 Å². The monoisotopic (exact) mass is 238 g/mol. The van der Waals surface area contributed by atoms with Crippen LogP contribution in [0.5, 0.6) is 0 Å². The van der Waals surface area contributed by atoms with Gasteiger partial charge in [-0.3, -0.25) is 4.55 Å². The van der Waals surface area contributed by atoms with Crippen LogP contribution in [0, 0.1) is 0 Å². The maximum absolute atomic E-state index is 10.6. The van der Waals surface area contributed by atoms with Crippen LogP contribution in [0.2, 0.25) is 0 Å². The van der Waals surface area contributed by atoms with Gasteiger partial charge in [-0.2, -0.15) is 8.42 Å². The Kier molecular flexibility index (Phi) is 5.66. The molecular weight excluding hydrogens is 224 g/mol. The van der Waals surface area contributed by atoms with Crippen LogP contribution in [0.15, 0.2) is 12.2 Å². The SMILES string of the molecule is CC(CCC=CC(=O)O[SiH3])S(=O)(=O)O. The van der Waals surface area contributed by atoms with Gasteiger partial charge in [-0.1, -0.05) is 6.08 Å². The molecule has 0 amide bonds. The molecule has 0 aliphatic carbocycles. The first-order chi connectivity index (χ1) is 6.38. The van der Waals surface area contributed by atoms with E-state index in [0.717, 1.165) is 0 Å². The molecule has 14 heavy (non-hydrogen) atoms. The van der Waals surface area contributed by atoms with E-state index in [1.807, 2.05) is 0 Å². The summed E-state index contributed by atoms with van der Waals surface area (Å²) < 4.78 is 34.2. The van der Waals surface area contributed by atoms with E-state index in [2.05, 4.69) is 4.43 Å². The van der Waals surface area contributed by atoms with Gasteiger partial charge in [0, 0.05) is 6.08 Å². The minimum absolute atomic E-state index is 0.282. The van der Waals surface area contributed by atoms with Gasteiger partial charge < -0.3 is 4.43 Å². The normalized spacial score (nSPS) is 14.4. The van der Waals surface area contributed by atoms with Gasteiger partial charge in [0.25, 0.3) is 10.1 Å². The Labute approximate surface area is 86.4 Å². The Hall–Kier alpha value is -0.663. The molecule has 0 saturated carbocycles. The fourth-order valence-corrected chi connectivity index (χ4v) is 1.30. The Bertz CT molecular complexity index is 308. The quantitative estimate of drug-likeness (QED) is 0.394. The van der Waals surface area contributed by atoms with E-state index in [0.29, 0.717) is 16.9 Å². The van der Waals surface area contributed by atoms with Gasteiger partial charge >= 0.3 is 5.97 Å². The maximum Gasteiger partial charge on any atom is 0.316 e. The highest BCUT2D eigenvalue weighted by Crippen LogP contribution is 2.06. The molecule has 5 nitrogen and oxygen atoms in total. The van der Waals surface area contributed by atoms with Crippen molar-refractivity contribution >= 4 is 26.6 Å². The standard InChI is InChI=1S/C7H14O5SSi/c1-6(13(9,10)11)4-2-3-5-7(8)12-14/h3,5-6H,2,4H2,1,14H3,(H,9,10,11). The number of hydrogen-bond donors (Lipinski definition) is 1. The van der Waals surface area contributed by atoms with Gasteiger partial charge in [0.15, 0.2) is 0 Å². The third kappa shape index (κ3) is 5.89. The van der Waals surface area contributed by atoms with Gasteiger partial charge in [0.05, 0.1) is 5.25 Å². The van der Waals surface area contributed by atoms with Crippen molar-refractivity contribution < 1.29 is 22.2 Å². The summed E-state index contributed by atoms with van der Waals surface area (Å²) in [6.07, 6.45) is 3.48. The fraction of sp³-hybridized carbons (Fsp3) is 0.571. The first kappa shape index (κ1) is 13.3. The maximum atomic E-state index is 10.6. The van der Waals surface area contributed by atoms with Crippen LogP contribution in [-0.4, -0.2) is 34.7 Å². The Morgan fingerprint density at radius 3 is 2.64 bits per heavy atom. The topological polar surface area (TPSA) is 80.7 Å². The Morgan fingerprint density at radius 2 is 2.21 bits per heavy atom. The van der Waals surface area contributed by atoms with Crippen LogP contribution in [0.25, 0.3) is 0 Å². The lowest BCUT2D eigenvalue weighted by Gasteiger charge is -2.04. The first-order valence-corrected chi connectivity index (χ1v) is 6.40. The van der Waals surface area contributed by atoms with Crippen molar-refractivity contribution in [2.45, 2.75) is 25.0 Å². The van der Waals surface area contributed by atoms with Crippen LogP contribution in [0.4, 0.5) is 0 Å². The zero-order chi connectivity index (χ0) is 11.2. The molecule has 0 aromatic rings. The zero-order valence-corrected chi connectivity index (χ0v) is 11.0. The number of carbonyl (C=O) groups is 1. The molecule has 0 aliphatic rings. The molecule has 0 heterocycles. The first-order valence-electron chi connectivity index (χ1n) is 4.08. The molecule has 1 atom stereocenters. The molecule has 1 N–H and O–H groups in total. The van der Waals surface area contributed by atoms with Crippen molar-refractivity contribution in [1.82, 2.24) is 0 Å². The average molecular weight is 238 g/mol. The Balaban J connectivity index is 3.87. The number of allylic oxidation sites excluding steroid dienone is 1. The molecular formula is C7H14O5SSi. The third-order valence-electron chi connectivity index (χ3n) is 1.70. The summed E-state index contributed by atoms with van der Waals surface area (Å²) in [4.78, 5) is 10.6. The smallest absolute Gasteiger partial charge is 0.316 e. The van der Waals surface area contributed by atoms with E-state index in [1.54, 1.807) is 0 Å². The molecule has 0 rings (SSSR count). The Morgan fingerprint density at radius 1 is 1.64 bits per heavy atom. The molecule has 0 radical (unpaired) electrons. The van der Waals surface area contributed by atoms with Crippen molar-refractivity contribution in [3.8, 4) is 0 Å². The second-order valence-electron chi connectivity index (χ2n) is 2.83. The van der Waals surface area contributed by atoms with Crippen molar-refractivity contribution in [2.24, 2.45) is 0 Å². The summed E-state index contributed by atoms with van der Waals surface area (Å²) in [7, 11) is -3.61. The van der Waals surface area contributed by atoms with Gasteiger partial charge in [0.2, 0.25) is 10.5 Å². The molecule has 82 valence electrons. The van der Waals surface area contributed by atoms with Gasteiger partial charge in [-0.05, 0) is 19.8 Å². The summed E-state index contributed by atoms with van der Waals surface area (Å²) in [5, 5.41) is -0.806. The van der Waals surface area contributed by atoms with E-state index in [1.165, 1.54) is 19.1 Å². The van der Waals surface area contributed by atoms with Crippen LogP contribution in [0.1, 0.15) is 19.8 Å². The number of hydrogen-bond acceptors (Lipinski definition) is 4. The minimum Gasteiger partial charge on any atom is -0.526 e. The number of rotatable bonds is 5. The lowest BCUT2D eigenvalue weighted by atomic mass is 10.2. The summed E-state index contributed by atoms with van der Waals surface area (Å²) in [5.74, 6) is -0.420. The summed E-state index contributed by atoms with van der Waals surface area (Å²) in [6.45, 7) is 1.41. The van der Waals surface area contributed by atoms with E-state index >= 15 is 0 Å². The molecule has 0 spiro atoms. The largest absolute Gasteiger partial charge is 0.526 e. The zero-order valence-electron chi connectivity index (χ0n) is 8.13. The van der Waals surface area contributed by atoms with Crippen LogP contribution >= 0.6 is 0 Å². The predicted molar refractivity (Wildman–Crippen MR) is 55.4 cm³/mol. The van der Waals surface area contributed by atoms with E-state index in [4.69, 9.17) is 4.55 Å². The highest BCUT2D eigenvalue weighted by Gasteiger charge is 2.15. The average Bonchev–Trinajstić information content (AvgIpc) is 2.09. The number of carbonyl (C=O) groups excluding carboxylic acids is 1. The molecule has 0 fully saturated rings. The molecule has 0 aromatic carbocycles. The van der Waals surface area contributed by atoms with Gasteiger partial charge in [-0.15, -0.1) is 0 Å². The molecule has 0 aliphatic heterocycles. The minimum atomic E-state index is -3.95. The van der Waals surface area contributed by atoms with Crippen molar-refractivity contribution in [1.29, 1.82) is 0 Å². The van der Waals surface area contributed by atoms with Crippen LogP contribution < -0.4 is 0 Å². The van der Waals surface area contributed by atoms with Crippen molar-refractivity contribution in [2.75, 3.05) is 0 Å². The van der Waals surface area contributed by atoms with Gasteiger partial charge in [-0.25, -0.2) is 4.79 Å². The van der Waals surface area contributed by atoms with E-state index < -0.39 is 21.3 Å². The van der Waals surface area contributed by atoms with Crippen LogP contribution in [0.3, 0.4) is 0 Å². The highest BCUT2D eigenvalue weighted by molar-refractivity contribution is 7.86. The second-order valence-corrected chi connectivity index (χ2v) is 5.07. The van der Waals surface area contributed by atoms with Gasteiger partial charge in [0.1, 0.15) is 0 Å². The fourth-order valence-electron chi connectivity index (χ4n) is 0.727. The van der Waals surface area contributed by atoms with E-state index in [9.17, 15) is 13.2 Å². The molecule has 0 bridgehead atoms. The molecule has 0 saturated heterocycles. The lowest BCUT2D eigenvalue weighted by Crippen LogP contribution is -2.15. The summed E-state index contributed by atoms with van der Waals surface area (Å²) in [6, 6.07) is 0. The van der Waals surface area contributed by atoms with Crippen molar-refractivity contribution in [3.05, 3.63) is 12.2 Å². The summed E-state index contributed by atoms with van der Waals surface area (Å²) in [5.41, 5.74) is 0. The predicted octanol–water partition coefficient (Wildman–Crippen LogP) is -0.577. The molecule has 7 heteroatoms. The highest BCUT2D eigenvalue weighted by atomic mass is 32.2. The summed E-state index contributed by atoms with van der Waals surface area (Å²) >= 11 is 0. The van der Waals surface area contributed by atoms with E-state index in [-0.39, 0.29) is 6.42 Å². The molecule has 1 unspecified atom stereocenters. The lowest BCUT2D eigenvalue weighted by molar-refractivity contribution is -0.128. The van der Waals surface area contributed by atoms with Crippen molar-refractivity contribution in [3.63, 3.8) is 0 Å². The third-order valence-corrected chi connectivity index (χ3v) is 3.36. The second kappa shape index (κ2) is 5.94. The molecule has 0 aromatic heterocycles.